The Hall–Kier alpha value is -3.46. The number of hydrogen-bond donors (Lipinski definition) is 4. The summed E-state index contributed by atoms with van der Waals surface area (Å²) in [7, 11) is -2.16. The Bertz CT molecular complexity index is 1590. The zero-order chi connectivity index (χ0) is 35.9. The number of carboxylic acids is 1. The molecule has 1 heterocycles. The molecule has 1 spiro atoms. The van der Waals surface area contributed by atoms with Crippen molar-refractivity contribution in [2.24, 2.45) is 5.73 Å². The largest absolute Gasteiger partial charge is 0.490 e. The average molecular weight is 715 g/mol. The van der Waals surface area contributed by atoms with Crippen LogP contribution in [0.5, 0.6) is 0 Å². The molecule has 2 aliphatic rings. The zero-order valence-electron chi connectivity index (χ0n) is 27.1. The second kappa shape index (κ2) is 15.8. The summed E-state index contributed by atoms with van der Waals surface area (Å²) in [6.45, 7) is 3.31. The van der Waals surface area contributed by atoms with E-state index in [9.17, 15) is 31.2 Å². The number of sulfonamides is 1. The summed E-state index contributed by atoms with van der Waals surface area (Å²) >= 11 is 6.11. The lowest BCUT2D eigenvalue weighted by Gasteiger charge is -2.37. The fourth-order valence-electron chi connectivity index (χ4n) is 5.80. The molecule has 5 N–H and O–H groups in total. The summed E-state index contributed by atoms with van der Waals surface area (Å²) in [5.74, 6) is -3.46. The smallest absolute Gasteiger partial charge is 0.475 e. The molecule has 1 aliphatic carbocycles. The number of rotatable bonds is 10. The first-order chi connectivity index (χ1) is 22.3. The van der Waals surface area contributed by atoms with Gasteiger partial charge in [0, 0.05) is 18.6 Å². The van der Waals surface area contributed by atoms with E-state index < -0.39 is 45.2 Å². The second-order valence-corrected chi connectivity index (χ2v) is 14.7. The molecule has 0 saturated heterocycles. The number of benzene rings is 2. The standard InChI is InChI=1S/C31H41ClN4O4S.C2HF3O2/c1-30(2,33)29(38)34-26(14-10-13-22-11-6-4-7-12-22)28(37)36(3)21-25-27(23-15-17-24(32)18-16-23)41(39,40)35-31(25)19-8-5-9-20-31;3-2(4,5)1(6)7/h4,6-7,11-12,15-18,26,35H,5,8-10,13-14,19-21,33H2,1-3H3,(H,34,38);(H,6,7)/t26-;/m1./s1. The fraction of sp³-hybridized carbons (Fsp3) is 0.485. The van der Waals surface area contributed by atoms with Gasteiger partial charge in [0.1, 0.15) is 6.04 Å². The number of likely N-dealkylation sites (N-methyl/N-ethyl adjacent to an activating group) is 1. The highest BCUT2D eigenvalue weighted by Gasteiger charge is 2.49. The Labute approximate surface area is 283 Å². The summed E-state index contributed by atoms with van der Waals surface area (Å²) in [4.78, 5) is 37.4. The van der Waals surface area contributed by atoms with Crippen molar-refractivity contribution in [1.29, 1.82) is 0 Å². The van der Waals surface area contributed by atoms with E-state index in [1.807, 2.05) is 30.3 Å². The maximum atomic E-state index is 13.9. The highest BCUT2D eigenvalue weighted by Crippen LogP contribution is 2.45. The topological polar surface area (TPSA) is 159 Å². The van der Waals surface area contributed by atoms with Crippen LogP contribution in [0.25, 0.3) is 4.91 Å². The molecule has 10 nitrogen and oxygen atoms in total. The molecule has 1 aliphatic heterocycles. The SMILES string of the molecule is CN(CC1=C(c2ccc(Cl)cc2)S(=O)(=O)NC12CCCCC2)C(=O)[C@@H](CCCc1ccccc1)NC(=O)C(C)(C)N.O=C(O)C(F)(F)F. The minimum absolute atomic E-state index is 0.111. The summed E-state index contributed by atoms with van der Waals surface area (Å²) in [6, 6.07) is 15.9. The number of alkyl halides is 3. The van der Waals surface area contributed by atoms with Crippen molar-refractivity contribution in [1.82, 2.24) is 14.9 Å². The molecule has 0 unspecified atom stereocenters. The van der Waals surface area contributed by atoms with Crippen LogP contribution in [0.15, 0.2) is 60.2 Å². The molecule has 48 heavy (non-hydrogen) atoms. The van der Waals surface area contributed by atoms with Crippen molar-refractivity contribution in [3.05, 3.63) is 76.3 Å². The van der Waals surface area contributed by atoms with E-state index in [4.69, 9.17) is 27.2 Å². The van der Waals surface area contributed by atoms with E-state index in [1.165, 1.54) is 0 Å². The molecule has 4 rings (SSSR count). The number of nitrogens with two attached hydrogens (primary N) is 1. The van der Waals surface area contributed by atoms with Crippen LogP contribution in [0.3, 0.4) is 0 Å². The molecule has 2 aromatic carbocycles. The van der Waals surface area contributed by atoms with Crippen molar-refractivity contribution in [2.45, 2.75) is 88.5 Å². The van der Waals surface area contributed by atoms with Gasteiger partial charge in [-0.25, -0.2) is 17.9 Å². The lowest BCUT2D eigenvalue weighted by atomic mass is 9.76. The third-order valence-corrected chi connectivity index (χ3v) is 10.2. The molecule has 0 bridgehead atoms. The van der Waals surface area contributed by atoms with Gasteiger partial charge in [-0.15, -0.1) is 0 Å². The Morgan fingerprint density at radius 2 is 1.60 bits per heavy atom. The normalized spacial score (nSPS) is 17.7. The van der Waals surface area contributed by atoms with Crippen LogP contribution >= 0.6 is 11.6 Å². The zero-order valence-corrected chi connectivity index (χ0v) is 28.6. The van der Waals surface area contributed by atoms with Gasteiger partial charge < -0.3 is 21.1 Å². The van der Waals surface area contributed by atoms with E-state index in [1.54, 1.807) is 50.1 Å². The quantitative estimate of drug-likeness (QED) is 0.269. The molecule has 2 amide bonds. The predicted octanol–water partition coefficient (Wildman–Crippen LogP) is 5.02. The van der Waals surface area contributed by atoms with Gasteiger partial charge >= 0.3 is 12.1 Å². The number of nitrogens with zero attached hydrogens (tertiary/aromatic N) is 1. The Kier molecular flexibility index (Phi) is 12.9. The molecular formula is C33H42ClF3N4O6S. The van der Waals surface area contributed by atoms with Crippen LogP contribution in [-0.2, 0) is 30.8 Å². The highest BCUT2D eigenvalue weighted by molar-refractivity contribution is 7.99. The van der Waals surface area contributed by atoms with Crippen LogP contribution in [0.2, 0.25) is 5.02 Å². The Morgan fingerprint density at radius 1 is 1.04 bits per heavy atom. The lowest BCUT2D eigenvalue weighted by molar-refractivity contribution is -0.192. The van der Waals surface area contributed by atoms with Gasteiger partial charge in [0.25, 0.3) is 0 Å². The molecule has 15 heteroatoms. The molecular weight excluding hydrogens is 673 g/mol. The molecule has 2 aromatic rings. The van der Waals surface area contributed by atoms with E-state index in [0.29, 0.717) is 41.8 Å². The number of hydrogen-bond acceptors (Lipinski definition) is 6. The van der Waals surface area contributed by atoms with Crippen molar-refractivity contribution >= 4 is 44.3 Å². The number of carbonyl (C=O) groups excluding carboxylic acids is 2. The molecule has 0 radical (unpaired) electrons. The third kappa shape index (κ3) is 10.3. The van der Waals surface area contributed by atoms with Crippen LogP contribution in [0.1, 0.15) is 69.9 Å². The monoisotopic (exact) mass is 714 g/mol. The molecule has 1 saturated carbocycles. The first-order valence-electron chi connectivity index (χ1n) is 15.5. The Morgan fingerprint density at radius 3 is 2.12 bits per heavy atom. The summed E-state index contributed by atoms with van der Waals surface area (Å²) in [6.07, 6.45) is 0.920. The van der Waals surface area contributed by atoms with Gasteiger partial charge in [-0.3, -0.25) is 9.59 Å². The summed E-state index contributed by atoms with van der Waals surface area (Å²) in [5, 5.41) is 10.5. The maximum Gasteiger partial charge on any atom is 0.490 e. The van der Waals surface area contributed by atoms with Crippen LogP contribution in [0, 0.1) is 0 Å². The molecule has 1 fully saturated rings. The molecule has 1 atom stereocenters. The minimum atomic E-state index is -5.08. The molecule has 264 valence electrons. The van der Waals surface area contributed by atoms with Gasteiger partial charge in [0.2, 0.25) is 21.8 Å². The number of aliphatic carboxylic acids is 1. The first-order valence-corrected chi connectivity index (χ1v) is 17.4. The molecule has 0 aromatic heterocycles. The van der Waals surface area contributed by atoms with Gasteiger partial charge in [0.05, 0.1) is 16.0 Å². The Balaban J connectivity index is 0.000000804. The lowest BCUT2D eigenvalue weighted by Crippen LogP contribution is -2.56. The van der Waals surface area contributed by atoms with Crippen molar-refractivity contribution in [2.75, 3.05) is 13.6 Å². The summed E-state index contributed by atoms with van der Waals surface area (Å²) < 4.78 is 61.9. The predicted molar refractivity (Wildman–Crippen MR) is 177 cm³/mol. The number of amides is 2. The van der Waals surface area contributed by atoms with Crippen molar-refractivity contribution in [3.63, 3.8) is 0 Å². The van der Waals surface area contributed by atoms with Crippen molar-refractivity contribution < 1.29 is 41.1 Å². The van der Waals surface area contributed by atoms with E-state index in [-0.39, 0.29) is 17.4 Å². The number of carboxylic acid groups (broad SMARTS) is 1. The maximum absolute atomic E-state index is 13.9. The fourth-order valence-corrected chi connectivity index (χ4v) is 7.90. The van der Waals surface area contributed by atoms with Gasteiger partial charge in [-0.2, -0.15) is 13.2 Å². The average Bonchev–Trinajstić information content (AvgIpc) is 3.21. The minimum Gasteiger partial charge on any atom is -0.475 e. The number of aryl methyl sites for hydroxylation is 1. The number of carbonyl (C=O) groups is 3. The summed E-state index contributed by atoms with van der Waals surface area (Å²) in [5.41, 5.74) is 6.52. The van der Waals surface area contributed by atoms with Crippen molar-refractivity contribution in [3.8, 4) is 0 Å². The number of halogens is 4. The second-order valence-electron chi connectivity index (χ2n) is 12.7. The number of nitrogens with one attached hydrogen (secondary N) is 2. The third-order valence-electron chi connectivity index (χ3n) is 8.27. The van der Waals surface area contributed by atoms with Crippen LogP contribution < -0.4 is 15.8 Å². The van der Waals surface area contributed by atoms with Gasteiger partial charge in [0.15, 0.2) is 0 Å². The first kappa shape index (κ1) is 39.0. The van der Waals surface area contributed by atoms with Gasteiger partial charge in [-0.05, 0) is 74.8 Å². The van der Waals surface area contributed by atoms with E-state index in [2.05, 4.69) is 10.0 Å². The van der Waals surface area contributed by atoms with E-state index >= 15 is 0 Å². The highest BCUT2D eigenvalue weighted by atomic mass is 35.5. The van der Waals surface area contributed by atoms with Crippen LogP contribution in [0.4, 0.5) is 13.2 Å². The van der Waals surface area contributed by atoms with Gasteiger partial charge in [-0.1, -0.05) is 73.3 Å². The van der Waals surface area contributed by atoms with E-state index in [0.717, 1.165) is 31.2 Å². The van der Waals surface area contributed by atoms with Crippen LogP contribution in [-0.4, -0.2) is 73.1 Å².